The van der Waals surface area contributed by atoms with Crippen LogP contribution in [0.3, 0.4) is 0 Å². The molecular formula is C34H33F2N11O3. The van der Waals surface area contributed by atoms with E-state index in [0.29, 0.717) is 71.5 Å². The van der Waals surface area contributed by atoms with Gasteiger partial charge in [-0.2, -0.15) is 5.10 Å². The van der Waals surface area contributed by atoms with E-state index < -0.39 is 23.8 Å². The number of amides is 1. The molecule has 0 spiro atoms. The van der Waals surface area contributed by atoms with Crippen molar-refractivity contribution in [1.82, 2.24) is 44.2 Å². The number of halogens is 2. The maximum absolute atomic E-state index is 15.0. The maximum atomic E-state index is 15.0. The lowest BCUT2D eigenvalue weighted by atomic mass is 10.1. The number of aryl methyl sites for hydroxylation is 1. The number of imidazole rings is 1. The molecule has 6 aromatic rings. The van der Waals surface area contributed by atoms with Crippen LogP contribution in [0.5, 0.6) is 5.75 Å². The van der Waals surface area contributed by atoms with Gasteiger partial charge in [0.1, 0.15) is 47.1 Å². The number of fused-ring (bicyclic) bond motifs is 6. The van der Waals surface area contributed by atoms with Gasteiger partial charge < -0.3 is 29.5 Å². The Kier molecular flexibility index (Phi) is 7.74. The predicted octanol–water partition coefficient (Wildman–Crippen LogP) is 3.85. The Morgan fingerprint density at radius 2 is 1.90 bits per heavy atom. The Morgan fingerprint density at radius 3 is 2.72 bits per heavy atom. The first kappa shape index (κ1) is 31.5. The van der Waals surface area contributed by atoms with Crippen LogP contribution in [0.1, 0.15) is 19.2 Å². The van der Waals surface area contributed by atoms with Gasteiger partial charge in [0, 0.05) is 56.7 Å². The summed E-state index contributed by atoms with van der Waals surface area (Å²) in [6.45, 7) is 5.17. The topological polar surface area (TPSA) is 152 Å². The molecule has 4 aromatic heterocycles. The Morgan fingerprint density at radius 1 is 1.04 bits per heavy atom. The SMILES string of the molecule is CCO[C@H]1CN(C)C(=O)[C@@H]2C[C@@H](CN2c2ncnc3c2cnn3-c2ccc(F)cc2O)Nc2nccc(n2)-c2cc(F)cc3nc(C)n(c23)C1. The summed E-state index contributed by atoms with van der Waals surface area (Å²) >= 11 is 0. The van der Waals surface area contributed by atoms with Crippen LogP contribution in [0.15, 0.2) is 55.1 Å². The molecule has 2 aliphatic heterocycles. The fourth-order valence-electron chi connectivity index (χ4n) is 7.10. The molecule has 16 heteroatoms. The van der Waals surface area contributed by atoms with Gasteiger partial charge in [-0.3, -0.25) is 4.79 Å². The van der Waals surface area contributed by atoms with E-state index in [1.54, 1.807) is 30.4 Å². The molecule has 2 aromatic carbocycles. The number of carbonyl (C=O) groups is 1. The highest BCUT2D eigenvalue weighted by Crippen LogP contribution is 2.35. The van der Waals surface area contributed by atoms with Gasteiger partial charge in [0.25, 0.3) is 0 Å². The molecule has 1 amide bonds. The van der Waals surface area contributed by atoms with Gasteiger partial charge in [-0.1, -0.05) is 0 Å². The normalized spacial score (nSPS) is 19.5. The largest absolute Gasteiger partial charge is 0.506 e. The summed E-state index contributed by atoms with van der Waals surface area (Å²) in [6.07, 6.45) is 4.53. The standard InChI is InChI=1S/C34H33F2N11O3/c1-4-50-22-15-44(3)33(49)28-12-21(14-46(28)31-24-13-40-47(32(24)39-17-38-31)27-6-5-19(35)11-29(27)48)42-34-37-8-7-25(43-34)23-9-20(36)10-26-30(23)45(16-22)18(2)41-26/h5-11,13,17,21-22,28,48H,4,12,14-16H2,1-3H3,(H,37,42,43)/t21-,22-,28-/m0/s1. The first-order valence-corrected chi connectivity index (χ1v) is 16.3. The fraction of sp³-hybridized carbons (Fsp3) is 0.324. The van der Waals surface area contributed by atoms with Crippen LogP contribution in [0, 0.1) is 18.6 Å². The number of aromatic nitrogens is 8. The second-order valence-corrected chi connectivity index (χ2v) is 12.5. The number of anilines is 2. The summed E-state index contributed by atoms with van der Waals surface area (Å²) in [5, 5.41) is 18.9. The van der Waals surface area contributed by atoms with Crippen LogP contribution in [0.2, 0.25) is 0 Å². The number of ether oxygens (including phenoxy) is 1. The van der Waals surface area contributed by atoms with E-state index in [2.05, 4.69) is 30.4 Å². The van der Waals surface area contributed by atoms with Crippen molar-refractivity contribution in [3.05, 3.63) is 72.6 Å². The Bertz CT molecular complexity index is 2270. The van der Waals surface area contributed by atoms with Crippen molar-refractivity contribution >= 4 is 39.7 Å². The zero-order valence-corrected chi connectivity index (χ0v) is 27.5. The molecule has 3 atom stereocenters. The van der Waals surface area contributed by atoms with Crippen LogP contribution in [-0.4, -0.2) is 100 Å². The molecule has 1 saturated heterocycles. The number of carbonyl (C=O) groups excluding carboxylic acids is 1. The third-order valence-electron chi connectivity index (χ3n) is 9.27. The third-order valence-corrected chi connectivity index (χ3v) is 9.27. The molecule has 0 saturated carbocycles. The maximum Gasteiger partial charge on any atom is 0.245 e. The minimum atomic E-state index is -0.651. The average molecular weight is 682 g/mol. The van der Waals surface area contributed by atoms with Crippen molar-refractivity contribution in [3.8, 4) is 22.7 Å². The number of nitrogens with zero attached hydrogens (tertiary/aromatic N) is 10. The lowest BCUT2D eigenvalue weighted by molar-refractivity contribution is -0.133. The zero-order chi connectivity index (χ0) is 34.7. The second-order valence-electron chi connectivity index (χ2n) is 12.5. The van der Waals surface area contributed by atoms with Crippen molar-refractivity contribution in [2.24, 2.45) is 0 Å². The number of rotatable bonds is 4. The van der Waals surface area contributed by atoms with Gasteiger partial charge in [0.15, 0.2) is 5.65 Å². The summed E-state index contributed by atoms with van der Waals surface area (Å²) in [6, 6.07) is 7.30. The van der Waals surface area contributed by atoms with Crippen molar-refractivity contribution in [2.75, 3.05) is 37.0 Å². The van der Waals surface area contributed by atoms with Gasteiger partial charge in [-0.05, 0) is 44.5 Å². The third kappa shape index (κ3) is 5.41. The van der Waals surface area contributed by atoms with E-state index in [1.165, 1.54) is 35.3 Å². The molecule has 0 unspecified atom stereocenters. The van der Waals surface area contributed by atoms with E-state index in [9.17, 15) is 18.7 Å². The summed E-state index contributed by atoms with van der Waals surface area (Å²) < 4.78 is 38.3. The molecule has 1 fully saturated rings. The Balaban J connectivity index is 1.23. The Labute approximate surface area is 284 Å². The van der Waals surface area contributed by atoms with Crippen LogP contribution in [-0.2, 0) is 16.1 Å². The van der Waals surface area contributed by atoms with E-state index in [4.69, 9.17) is 9.72 Å². The molecule has 14 nitrogen and oxygen atoms in total. The molecule has 256 valence electrons. The second kappa shape index (κ2) is 12.3. The van der Waals surface area contributed by atoms with Crippen LogP contribution >= 0.6 is 0 Å². The summed E-state index contributed by atoms with van der Waals surface area (Å²) in [4.78, 5) is 41.0. The lowest BCUT2D eigenvalue weighted by Gasteiger charge is -2.31. The number of benzene rings is 2. The smallest absolute Gasteiger partial charge is 0.245 e. The zero-order valence-electron chi connectivity index (χ0n) is 27.5. The van der Waals surface area contributed by atoms with Gasteiger partial charge in [0.05, 0.1) is 41.0 Å². The number of phenols is 1. The van der Waals surface area contributed by atoms with Gasteiger partial charge in [-0.15, -0.1) is 0 Å². The molecule has 8 rings (SSSR count). The first-order valence-electron chi connectivity index (χ1n) is 16.3. The van der Waals surface area contributed by atoms with E-state index >= 15 is 0 Å². The number of aromatic hydroxyl groups is 1. The minimum absolute atomic E-state index is 0.145. The predicted molar refractivity (Wildman–Crippen MR) is 180 cm³/mol. The monoisotopic (exact) mass is 681 g/mol. The molecule has 0 radical (unpaired) electrons. The summed E-state index contributed by atoms with van der Waals surface area (Å²) in [7, 11) is 1.75. The highest BCUT2D eigenvalue weighted by molar-refractivity contribution is 5.93. The van der Waals surface area contributed by atoms with E-state index in [-0.39, 0.29) is 29.9 Å². The van der Waals surface area contributed by atoms with Crippen molar-refractivity contribution in [3.63, 3.8) is 0 Å². The van der Waals surface area contributed by atoms with Crippen molar-refractivity contribution < 1.29 is 23.4 Å². The molecule has 2 aliphatic rings. The fourth-order valence-corrected chi connectivity index (χ4v) is 7.10. The Hall–Kier alpha value is -5.77. The van der Waals surface area contributed by atoms with Crippen LogP contribution < -0.4 is 10.2 Å². The number of likely N-dealkylation sites (N-methyl/N-ethyl adjacent to an activating group) is 1. The molecule has 50 heavy (non-hydrogen) atoms. The average Bonchev–Trinajstić information content (AvgIpc) is 3.79. The van der Waals surface area contributed by atoms with Crippen molar-refractivity contribution in [2.45, 2.75) is 45.0 Å². The molecule has 6 heterocycles. The van der Waals surface area contributed by atoms with Crippen LogP contribution in [0.4, 0.5) is 20.5 Å². The highest BCUT2D eigenvalue weighted by Gasteiger charge is 2.41. The number of hydrogen-bond acceptors (Lipinski definition) is 11. The number of nitrogens with one attached hydrogen (secondary N) is 1. The number of hydrogen-bond donors (Lipinski definition) is 2. The number of phenolic OH excluding ortho intramolecular Hbond substituents is 1. The van der Waals surface area contributed by atoms with Crippen LogP contribution in [0.25, 0.3) is 39.0 Å². The molecular weight excluding hydrogens is 648 g/mol. The lowest BCUT2D eigenvalue weighted by Crippen LogP contribution is -2.47. The van der Waals surface area contributed by atoms with E-state index in [1.807, 2.05) is 23.3 Å². The summed E-state index contributed by atoms with van der Waals surface area (Å²) in [5.74, 6) is 0.00453. The molecule has 2 N–H and O–H groups in total. The quantitative estimate of drug-likeness (QED) is 0.279. The first-order chi connectivity index (χ1) is 24.2. The van der Waals surface area contributed by atoms with Gasteiger partial charge >= 0.3 is 0 Å². The summed E-state index contributed by atoms with van der Waals surface area (Å²) in [5.41, 5.74) is 2.92. The molecule has 0 aliphatic carbocycles. The van der Waals surface area contributed by atoms with Gasteiger partial charge in [0.2, 0.25) is 11.9 Å². The van der Waals surface area contributed by atoms with E-state index in [0.717, 1.165) is 11.6 Å². The minimum Gasteiger partial charge on any atom is -0.506 e. The van der Waals surface area contributed by atoms with Gasteiger partial charge in [-0.25, -0.2) is 38.4 Å². The molecule has 4 bridgehead atoms. The van der Waals surface area contributed by atoms with Crippen molar-refractivity contribution in [1.29, 1.82) is 0 Å². The highest BCUT2D eigenvalue weighted by atomic mass is 19.1.